The number of anilines is 1. The van der Waals surface area contributed by atoms with Crippen LogP contribution in [0.15, 0.2) is 29.2 Å². The highest BCUT2D eigenvalue weighted by Crippen LogP contribution is 2.24. The van der Waals surface area contributed by atoms with Crippen LogP contribution in [0.25, 0.3) is 0 Å². The Labute approximate surface area is 114 Å². The second-order valence-electron chi connectivity index (χ2n) is 4.81. The Morgan fingerprint density at radius 3 is 2.72 bits per heavy atom. The first-order valence-corrected chi connectivity index (χ1v) is 7.17. The molecule has 0 aliphatic rings. The van der Waals surface area contributed by atoms with Gasteiger partial charge in [0.15, 0.2) is 0 Å². The molecule has 0 aliphatic heterocycles. The normalized spacial score (nSPS) is 12.4. The van der Waals surface area contributed by atoms with Crippen molar-refractivity contribution >= 4 is 23.4 Å². The van der Waals surface area contributed by atoms with Gasteiger partial charge < -0.3 is 11.1 Å². The zero-order valence-corrected chi connectivity index (χ0v) is 12.1. The monoisotopic (exact) mass is 266 g/mol. The highest BCUT2D eigenvalue weighted by molar-refractivity contribution is 8.00. The van der Waals surface area contributed by atoms with Crippen LogP contribution in [0.5, 0.6) is 0 Å². The minimum absolute atomic E-state index is 0.0862. The van der Waals surface area contributed by atoms with Crippen molar-refractivity contribution in [2.24, 2.45) is 5.92 Å². The van der Waals surface area contributed by atoms with Gasteiger partial charge in [-0.2, -0.15) is 0 Å². The molecule has 0 heterocycles. The van der Waals surface area contributed by atoms with Crippen LogP contribution in [0.2, 0.25) is 0 Å². The third-order valence-corrected chi connectivity index (χ3v) is 3.65. The predicted octanol–water partition coefficient (Wildman–Crippen LogP) is 2.91. The number of rotatable bonds is 6. The van der Waals surface area contributed by atoms with Crippen molar-refractivity contribution in [3.63, 3.8) is 0 Å². The first kappa shape index (κ1) is 14.9. The molecule has 0 aliphatic carbocycles. The van der Waals surface area contributed by atoms with Gasteiger partial charge in [-0.3, -0.25) is 4.79 Å². The number of carbonyl (C=O) groups is 1. The third-order valence-electron chi connectivity index (χ3n) is 2.56. The van der Waals surface area contributed by atoms with E-state index in [0.717, 1.165) is 23.5 Å². The maximum Gasteiger partial charge on any atom is 0.233 e. The van der Waals surface area contributed by atoms with E-state index in [0.29, 0.717) is 5.92 Å². The van der Waals surface area contributed by atoms with E-state index in [1.54, 1.807) is 0 Å². The van der Waals surface area contributed by atoms with Crippen LogP contribution in [0, 0.1) is 5.92 Å². The summed E-state index contributed by atoms with van der Waals surface area (Å²) in [6.07, 6.45) is 1.02. The zero-order chi connectivity index (χ0) is 13.5. The summed E-state index contributed by atoms with van der Waals surface area (Å²) >= 11 is 1.53. The van der Waals surface area contributed by atoms with Gasteiger partial charge in [-0.1, -0.05) is 19.9 Å². The van der Waals surface area contributed by atoms with E-state index in [4.69, 9.17) is 5.73 Å². The van der Waals surface area contributed by atoms with E-state index in [1.807, 2.05) is 31.2 Å². The molecule has 0 fully saturated rings. The summed E-state index contributed by atoms with van der Waals surface area (Å²) in [5, 5.41) is 2.86. The fourth-order valence-electron chi connectivity index (χ4n) is 1.47. The van der Waals surface area contributed by atoms with Gasteiger partial charge in [-0.25, -0.2) is 0 Å². The second kappa shape index (κ2) is 7.31. The van der Waals surface area contributed by atoms with Crippen LogP contribution >= 0.6 is 11.8 Å². The number of benzene rings is 1. The van der Waals surface area contributed by atoms with E-state index in [2.05, 4.69) is 19.2 Å². The number of hydrogen-bond donors (Lipinski definition) is 2. The lowest BCUT2D eigenvalue weighted by molar-refractivity contribution is -0.120. The standard InChI is InChI=1S/C14H22N2OS/c1-10(2)7-8-16-14(17)11(3)18-13-6-4-5-12(15)9-13/h4-6,9-11H,7-8,15H2,1-3H3,(H,16,17). The topological polar surface area (TPSA) is 55.1 Å². The second-order valence-corrected chi connectivity index (χ2v) is 6.22. The van der Waals surface area contributed by atoms with E-state index >= 15 is 0 Å². The molecule has 4 heteroatoms. The van der Waals surface area contributed by atoms with Crippen LogP contribution in [-0.2, 0) is 4.79 Å². The van der Waals surface area contributed by atoms with Crippen molar-refractivity contribution in [1.29, 1.82) is 0 Å². The van der Waals surface area contributed by atoms with Crippen molar-refractivity contribution in [2.75, 3.05) is 12.3 Å². The smallest absolute Gasteiger partial charge is 0.233 e. The Hall–Kier alpha value is -1.16. The summed E-state index contributed by atoms with van der Waals surface area (Å²) in [5.41, 5.74) is 6.44. The molecule has 0 spiro atoms. The van der Waals surface area contributed by atoms with Gasteiger partial charge in [0.25, 0.3) is 0 Å². The summed E-state index contributed by atoms with van der Waals surface area (Å²) in [7, 11) is 0. The molecule has 3 N–H and O–H groups in total. The molecule has 100 valence electrons. The largest absolute Gasteiger partial charge is 0.399 e. The predicted molar refractivity (Wildman–Crippen MR) is 78.6 cm³/mol. The molecule has 1 aromatic carbocycles. The fourth-order valence-corrected chi connectivity index (χ4v) is 2.43. The Balaban J connectivity index is 2.40. The molecule has 0 saturated carbocycles. The summed E-state index contributed by atoms with van der Waals surface area (Å²) < 4.78 is 0. The first-order chi connectivity index (χ1) is 8.49. The Morgan fingerprint density at radius 2 is 2.11 bits per heavy atom. The lowest BCUT2D eigenvalue weighted by Crippen LogP contribution is -2.32. The molecule has 3 nitrogen and oxygen atoms in total. The fraction of sp³-hybridized carbons (Fsp3) is 0.500. The number of nitrogens with two attached hydrogens (primary N) is 1. The molecule has 1 aromatic rings. The van der Waals surface area contributed by atoms with Gasteiger partial charge in [0.05, 0.1) is 5.25 Å². The highest BCUT2D eigenvalue weighted by Gasteiger charge is 2.13. The number of hydrogen-bond acceptors (Lipinski definition) is 3. The molecule has 0 saturated heterocycles. The number of thioether (sulfide) groups is 1. The van der Waals surface area contributed by atoms with Crippen molar-refractivity contribution in [2.45, 2.75) is 37.3 Å². The van der Waals surface area contributed by atoms with Crippen LogP contribution in [0.4, 0.5) is 5.69 Å². The molecule has 18 heavy (non-hydrogen) atoms. The number of nitrogens with one attached hydrogen (secondary N) is 1. The Bertz CT molecular complexity index is 393. The van der Waals surface area contributed by atoms with Crippen molar-refractivity contribution in [3.8, 4) is 0 Å². The Kier molecular flexibility index (Phi) is 6.05. The average molecular weight is 266 g/mol. The number of carbonyl (C=O) groups excluding carboxylic acids is 1. The van der Waals surface area contributed by atoms with Crippen molar-refractivity contribution < 1.29 is 4.79 Å². The number of amides is 1. The first-order valence-electron chi connectivity index (χ1n) is 6.29. The van der Waals surface area contributed by atoms with Gasteiger partial charge in [0.2, 0.25) is 5.91 Å². The molecular weight excluding hydrogens is 244 g/mol. The molecule has 1 amide bonds. The van der Waals surface area contributed by atoms with E-state index in [9.17, 15) is 4.79 Å². The molecule has 0 bridgehead atoms. The quantitative estimate of drug-likeness (QED) is 0.615. The molecule has 1 rings (SSSR count). The minimum atomic E-state index is -0.0982. The minimum Gasteiger partial charge on any atom is -0.399 e. The summed E-state index contributed by atoms with van der Waals surface area (Å²) in [4.78, 5) is 12.9. The molecule has 0 radical (unpaired) electrons. The van der Waals surface area contributed by atoms with Gasteiger partial charge in [-0.05, 0) is 37.5 Å². The molecule has 1 unspecified atom stereocenters. The van der Waals surface area contributed by atoms with E-state index in [1.165, 1.54) is 11.8 Å². The van der Waals surface area contributed by atoms with Gasteiger partial charge >= 0.3 is 0 Å². The summed E-state index contributed by atoms with van der Waals surface area (Å²) in [6.45, 7) is 6.96. The maximum atomic E-state index is 11.9. The summed E-state index contributed by atoms with van der Waals surface area (Å²) in [5.74, 6) is 0.699. The maximum absolute atomic E-state index is 11.9. The van der Waals surface area contributed by atoms with Gasteiger partial charge in [0, 0.05) is 17.1 Å². The average Bonchev–Trinajstić information content (AvgIpc) is 2.28. The summed E-state index contributed by atoms with van der Waals surface area (Å²) in [6, 6.07) is 7.61. The van der Waals surface area contributed by atoms with E-state index < -0.39 is 0 Å². The lowest BCUT2D eigenvalue weighted by atomic mass is 10.1. The molecule has 1 atom stereocenters. The number of nitrogen functional groups attached to an aromatic ring is 1. The molecular formula is C14H22N2OS. The van der Waals surface area contributed by atoms with Crippen LogP contribution < -0.4 is 11.1 Å². The zero-order valence-electron chi connectivity index (χ0n) is 11.3. The van der Waals surface area contributed by atoms with Gasteiger partial charge in [0.1, 0.15) is 0 Å². The molecule has 0 aromatic heterocycles. The van der Waals surface area contributed by atoms with Crippen molar-refractivity contribution in [3.05, 3.63) is 24.3 Å². The third kappa shape index (κ3) is 5.45. The van der Waals surface area contributed by atoms with Crippen molar-refractivity contribution in [1.82, 2.24) is 5.32 Å². The van der Waals surface area contributed by atoms with Gasteiger partial charge in [-0.15, -0.1) is 11.8 Å². The van der Waals surface area contributed by atoms with Crippen LogP contribution in [-0.4, -0.2) is 17.7 Å². The van der Waals surface area contributed by atoms with Crippen LogP contribution in [0.1, 0.15) is 27.2 Å². The SMILES string of the molecule is CC(C)CCNC(=O)C(C)Sc1cccc(N)c1. The Morgan fingerprint density at radius 1 is 1.39 bits per heavy atom. The lowest BCUT2D eigenvalue weighted by Gasteiger charge is -2.13. The van der Waals surface area contributed by atoms with E-state index in [-0.39, 0.29) is 11.2 Å². The van der Waals surface area contributed by atoms with Crippen LogP contribution in [0.3, 0.4) is 0 Å². The highest BCUT2D eigenvalue weighted by atomic mass is 32.2.